The fourth-order valence-corrected chi connectivity index (χ4v) is 4.30. The van der Waals surface area contributed by atoms with Gasteiger partial charge in [0, 0.05) is 37.8 Å². The summed E-state index contributed by atoms with van der Waals surface area (Å²) in [6.07, 6.45) is 9.11. The Morgan fingerprint density at radius 3 is 2.21 bits per heavy atom. The highest BCUT2D eigenvalue weighted by Gasteiger charge is 2.31. The monoisotopic (exact) mass is 398 g/mol. The van der Waals surface area contributed by atoms with Crippen LogP contribution in [0.3, 0.4) is 0 Å². The van der Waals surface area contributed by atoms with Gasteiger partial charge in [0.15, 0.2) is 0 Å². The highest BCUT2D eigenvalue weighted by molar-refractivity contribution is 5.93. The van der Waals surface area contributed by atoms with E-state index in [-0.39, 0.29) is 23.5 Å². The molecule has 0 N–H and O–H groups in total. The van der Waals surface area contributed by atoms with Crippen molar-refractivity contribution in [1.29, 1.82) is 0 Å². The largest absolute Gasteiger partial charge is 0.342 e. The van der Waals surface area contributed by atoms with Crippen molar-refractivity contribution in [3.05, 3.63) is 48.3 Å². The molecule has 2 amide bonds. The van der Waals surface area contributed by atoms with Crippen molar-refractivity contribution >= 4 is 11.8 Å². The summed E-state index contributed by atoms with van der Waals surface area (Å²) in [6.45, 7) is 2.87. The fraction of sp³-hybridized carbons (Fsp3) is 0.500. The highest BCUT2D eigenvalue weighted by Crippen LogP contribution is 2.23. The van der Waals surface area contributed by atoms with E-state index >= 15 is 0 Å². The Kier molecular flexibility index (Phi) is 5.92. The number of piperidine rings is 1. The minimum absolute atomic E-state index is 0.0131. The molecular formula is C22H27FN4O2. The second-order valence-corrected chi connectivity index (χ2v) is 7.93. The Morgan fingerprint density at radius 1 is 0.897 bits per heavy atom. The van der Waals surface area contributed by atoms with E-state index in [2.05, 4.69) is 4.98 Å². The summed E-state index contributed by atoms with van der Waals surface area (Å²) in [6, 6.07) is 5.98. The third-order valence-corrected chi connectivity index (χ3v) is 6.01. The van der Waals surface area contributed by atoms with Crippen LogP contribution in [0.2, 0.25) is 0 Å². The first-order valence-corrected chi connectivity index (χ1v) is 10.5. The molecule has 0 atom stereocenters. The topological polar surface area (TPSA) is 58.4 Å². The van der Waals surface area contributed by atoms with Crippen molar-refractivity contribution in [3.8, 4) is 5.69 Å². The Bertz CT molecular complexity index is 848. The van der Waals surface area contributed by atoms with Gasteiger partial charge < -0.3 is 9.80 Å². The van der Waals surface area contributed by atoms with Gasteiger partial charge in [0.05, 0.1) is 12.5 Å². The van der Waals surface area contributed by atoms with Gasteiger partial charge in [-0.3, -0.25) is 14.2 Å². The Hall–Kier alpha value is -2.70. The summed E-state index contributed by atoms with van der Waals surface area (Å²) in [5.74, 6) is -0.153. The number of hydrogen-bond donors (Lipinski definition) is 0. The molecule has 1 aromatic carbocycles. The predicted octanol–water partition coefficient (Wildman–Crippen LogP) is 3.27. The summed E-state index contributed by atoms with van der Waals surface area (Å²) in [5, 5.41) is 0. The molecule has 2 aromatic rings. The molecule has 29 heavy (non-hydrogen) atoms. The minimum Gasteiger partial charge on any atom is -0.342 e. The number of amides is 2. The number of nitrogens with zero attached hydrogens (tertiary/aromatic N) is 4. The van der Waals surface area contributed by atoms with Gasteiger partial charge in [0.2, 0.25) is 5.91 Å². The maximum atomic E-state index is 13.2. The van der Waals surface area contributed by atoms with Gasteiger partial charge in [0.25, 0.3) is 5.91 Å². The van der Waals surface area contributed by atoms with Crippen LogP contribution in [-0.2, 0) is 4.79 Å². The second kappa shape index (κ2) is 8.76. The van der Waals surface area contributed by atoms with Crippen LogP contribution in [0.25, 0.3) is 5.69 Å². The Balaban J connectivity index is 1.39. The summed E-state index contributed by atoms with van der Waals surface area (Å²) < 4.78 is 14.9. The van der Waals surface area contributed by atoms with Crippen LogP contribution in [0.15, 0.2) is 36.8 Å². The molecule has 2 fully saturated rings. The molecule has 6 nitrogen and oxygen atoms in total. The fourth-order valence-electron chi connectivity index (χ4n) is 4.30. The standard InChI is InChI=1S/C22H27FN4O2/c23-18-5-7-19(8-6-18)27-16-24-15-20(27)22(29)26-13-9-17(10-14-26)21(28)25-11-3-1-2-4-12-25/h5-8,15-17H,1-4,9-14H2. The molecule has 7 heteroatoms. The van der Waals surface area contributed by atoms with Crippen LogP contribution in [-0.4, -0.2) is 57.3 Å². The van der Waals surface area contributed by atoms with Crippen LogP contribution < -0.4 is 0 Å². The number of aromatic nitrogens is 2. The van der Waals surface area contributed by atoms with Crippen LogP contribution in [0.4, 0.5) is 4.39 Å². The van der Waals surface area contributed by atoms with Crippen molar-refractivity contribution in [2.45, 2.75) is 38.5 Å². The van der Waals surface area contributed by atoms with Crippen LogP contribution in [0, 0.1) is 11.7 Å². The van der Waals surface area contributed by atoms with E-state index in [1.54, 1.807) is 34.1 Å². The lowest BCUT2D eigenvalue weighted by Crippen LogP contribution is -2.45. The van der Waals surface area contributed by atoms with E-state index in [1.165, 1.54) is 25.0 Å². The molecule has 154 valence electrons. The predicted molar refractivity (Wildman–Crippen MR) is 107 cm³/mol. The molecule has 2 saturated heterocycles. The maximum absolute atomic E-state index is 13.2. The van der Waals surface area contributed by atoms with Gasteiger partial charge in [-0.25, -0.2) is 9.37 Å². The van der Waals surface area contributed by atoms with E-state index in [4.69, 9.17) is 0 Å². The summed E-state index contributed by atoms with van der Waals surface area (Å²) in [4.78, 5) is 33.8. The summed E-state index contributed by atoms with van der Waals surface area (Å²) in [7, 11) is 0. The van der Waals surface area contributed by atoms with E-state index < -0.39 is 0 Å². The zero-order valence-corrected chi connectivity index (χ0v) is 16.6. The number of rotatable bonds is 3. The summed E-state index contributed by atoms with van der Waals surface area (Å²) in [5.41, 5.74) is 1.15. The minimum atomic E-state index is -0.321. The average molecular weight is 398 g/mol. The zero-order chi connectivity index (χ0) is 20.2. The SMILES string of the molecule is O=C(c1cncn1-c1ccc(F)cc1)N1CCC(C(=O)N2CCCCCC2)CC1. The van der Waals surface area contributed by atoms with Crippen LogP contribution in [0.5, 0.6) is 0 Å². The maximum Gasteiger partial charge on any atom is 0.272 e. The van der Waals surface area contributed by atoms with E-state index in [0.29, 0.717) is 37.3 Å². The number of carbonyl (C=O) groups excluding carboxylic acids is 2. The molecule has 0 unspecified atom stereocenters. The van der Waals surface area contributed by atoms with Crippen molar-refractivity contribution in [2.24, 2.45) is 5.92 Å². The van der Waals surface area contributed by atoms with Gasteiger partial charge in [0.1, 0.15) is 11.5 Å². The molecule has 1 aromatic heterocycles. The second-order valence-electron chi connectivity index (χ2n) is 7.93. The van der Waals surface area contributed by atoms with Gasteiger partial charge in [-0.05, 0) is 49.9 Å². The smallest absolute Gasteiger partial charge is 0.272 e. The molecule has 0 radical (unpaired) electrons. The normalized spacial score (nSPS) is 18.5. The van der Waals surface area contributed by atoms with Gasteiger partial charge in [-0.15, -0.1) is 0 Å². The molecule has 4 rings (SSSR count). The third-order valence-electron chi connectivity index (χ3n) is 6.01. The van der Waals surface area contributed by atoms with Gasteiger partial charge in [-0.2, -0.15) is 0 Å². The molecule has 2 aliphatic heterocycles. The zero-order valence-electron chi connectivity index (χ0n) is 16.6. The third kappa shape index (κ3) is 4.33. The molecular weight excluding hydrogens is 371 g/mol. The van der Waals surface area contributed by atoms with E-state index in [9.17, 15) is 14.0 Å². The first-order chi connectivity index (χ1) is 14.1. The molecule has 3 heterocycles. The van der Waals surface area contributed by atoms with Crippen molar-refractivity contribution in [2.75, 3.05) is 26.2 Å². The van der Waals surface area contributed by atoms with Gasteiger partial charge in [-0.1, -0.05) is 12.8 Å². The molecule has 2 aliphatic rings. The van der Waals surface area contributed by atoms with E-state index in [0.717, 1.165) is 25.9 Å². The molecule has 0 spiro atoms. The Morgan fingerprint density at radius 2 is 1.55 bits per heavy atom. The van der Waals surface area contributed by atoms with Crippen LogP contribution in [0.1, 0.15) is 49.0 Å². The number of halogens is 1. The van der Waals surface area contributed by atoms with Crippen LogP contribution >= 0.6 is 0 Å². The number of carbonyl (C=O) groups is 2. The highest BCUT2D eigenvalue weighted by atomic mass is 19.1. The van der Waals surface area contributed by atoms with Crippen molar-refractivity contribution < 1.29 is 14.0 Å². The molecule has 0 saturated carbocycles. The Labute approximate surface area is 170 Å². The first-order valence-electron chi connectivity index (χ1n) is 10.5. The number of benzene rings is 1. The lowest BCUT2D eigenvalue weighted by molar-refractivity contribution is -0.136. The summed E-state index contributed by atoms with van der Waals surface area (Å²) >= 11 is 0. The quantitative estimate of drug-likeness (QED) is 0.797. The molecule has 0 aliphatic carbocycles. The lowest BCUT2D eigenvalue weighted by Gasteiger charge is -2.34. The molecule has 0 bridgehead atoms. The number of imidazole rings is 1. The number of likely N-dealkylation sites (tertiary alicyclic amines) is 2. The van der Waals surface area contributed by atoms with Crippen molar-refractivity contribution in [3.63, 3.8) is 0 Å². The average Bonchev–Trinajstić information content (AvgIpc) is 3.08. The van der Waals surface area contributed by atoms with Crippen molar-refractivity contribution in [1.82, 2.24) is 19.4 Å². The lowest BCUT2D eigenvalue weighted by atomic mass is 9.95. The number of hydrogen-bond acceptors (Lipinski definition) is 3. The first kappa shape index (κ1) is 19.6. The van der Waals surface area contributed by atoms with Gasteiger partial charge >= 0.3 is 0 Å². The van der Waals surface area contributed by atoms with E-state index in [1.807, 2.05) is 4.90 Å².